The molecule has 2 aromatic rings. The summed E-state index contributed by atoms with van der Waals surface area (Å²) >= 11 is 3.35. The number of hydrogen-bond donors (Lipinski definition) is 1. The lowest BCUT2D eigenvalue weighted by molar-refractivity contribution is 0.0954. The Balaban J connectivity index is 1.98. The molecule has 2 aromatic carbocycles. The van der Waals surface area contributed by atoms with Gasteiger partial charge in [0.1, 0.15) is 0 Å². The quantitative estimate of drug-likeness (QED) is 0.612. The fourth-order valence-electron chi connectivity index (χ4n) is 2.23. The molecule has 0 bridgehead atoms. The highest BCUT2D eigenvalue weighted by atomic mass is 79.9. The number of nitrogens with zero attached hydrogens (tertiary/aromatic N) is 2. The van der Waals surface area contributed by atoms with Crippen molar-refractivity contribution in [1.82, 2.24) is 5.43 Å². The summed E-state index contributed by atoms with van der Waals surface area (Å²) in [7, 11) is 0. The topological polar surface area (TPSA) is 44.7 Å². The molecule has 5 heteroatoms. The van der Waals surface area contributed by atoms with Crippen LogP contribution in [0.25, 0.3) is 0 Å². The van der Waals surface area contributed by atoms with Crippen molar-refractivity contribution in [2.24, 2.45) is 5.10 Å². The standard InChI is InChI=1S/C18H20BrN3O/c1-3-22(4-2)15-11-9-14(10-12-15)13-20-21-18(23)16-7-5-6-8-17(16)19/h5-13H,3-4H2,1-2H3,(H,21,23). The van der Waals surface area contributed by atoms with E-state index in [2.05, 4.69) is 57.3 Å². The van der Waals surface area contributed by atoms with Crippen molar-refractivity contribution < 1.29 is 4.79 Å². The molecule has 0 aliphatic rings. The minimum Gasteiger partial charge on any atom is -0.372 e. The smallest absolute Gasteiger partial charge is 0.272 e. The first-order chi connectivity index (χ1) is 11.2. The van der Waals surface area contributed by atoms with Crippen LogP contribution in [-0.4, -0.2) is 25.2 Å². The number of benzene rings is 2. The minimum absolute atomic E-state index is 0.242. The van der Waals surface area contributed by atoms with Crippen molar-refractivity contribution in [1.29, 1.82) is 0 Å². The zero-order chi connectivity index (χ0) is 16.7. The van der Waals surface area contributed by atoms with Gasteiger partial charge in [-0.3, -0.25) is 4.79 Å². The van der Waals surface area contributed by atoms with Crippen LogP contribution < -0.4 is 10.3 Å². The second-order valence-corrected chi connectivity index (χ2v) is 5.80. The van der Waals surface area contributed by atoms with Gasteiger partial charge >= 0.3 is 0 Å². The van der Waals surface area contributed by atoms with Crippen molar-refractivity contribution in [3.05, 3.63) is 64.1 Å². The minimum atomic E-state index is -0.242. The molecule has 0 unspecified atom stereocenters. The van der Waals surface area contributed by atoms with Gasteiger partial charge in [-0.2, -0.15) is 5.10 Å². The first-order valence-electron chi connectivity index (χ1n) is 7.58. The number of hydrogen-bond acceptors (Lipinski definition) is 3. The Kier molecular flexibility index (Phi) is 6.35. The fourth-order valence-corrected chi connectivity index (χ4v) is 2.70. The Morgan fingerprint density at radius 1 is 1.13 bits per heavy atom. The van der Waals surface area contributed by atoms with Crippen LogP contribution in [0.2, 0.25) is 0 Å². The lowest BCUT2D eigenvalue weighted by atomic mass is 10.2. The van der Waals surface area contributed by atoms with Gasteiger partial charge in [-0.05, 0) is 59.6 Å². The molecule has 0 radical (unpaired) electrons. The van der Waals surface area contributed by atoms with Gasteiger partial charge in [-0.25, -0.2) is 5.43 Å². The summed E-state index contributed by atoms with van der Waals surface area (Å²) < 4.78 is 0.747. The third-order valence-electron chi connectivity index (χ3n) is 3.52. The third kappa shape index (κ3) is 4.66. The van der Waals surface area contributed by atoms with Crippen molar-refractivity contribution in [2.75, 3.05) is 18.0 Å². The number of amides is 1. The molecule has 4 nitrogen and oxygen atoms in total. The van der Waals surface area contributed by atoms with Crippen LogP contribution in [0.3, 0.4) is 0 Å². The predicted octanol–water partition coefficient (Wildman–Crippen LogP) is 4.06. The maximum atomic E-state index is 12.0. The monoisotopic (exact) mass is 373 g/mol. The fraction of sp³-hybridized carbons (Fsp3) is 0.222. The van der Waals surface area contributed by atoms with Crippen molar-refractivity contribution in [2.45, 2.75) is 13.8 Å². The average molecular weight is 374 g/mol. The molecule has 23 heavy (non-hydrogen) atoms. The zero-order valence-corrected chi connectivity index (χ0v) is 14.9. The maximum Gasteiger partial charge on any atom is 0.272 e. The van der Waals surface area contributed by atoms with E-state index < -0.39 is 0 Å². The summed E-state index contributed by atoms with van der Waals surface area (Å²) in [6.45, 7) is 6.23. The van der Waals surface area contributed by atoms with Gasteiger partial charge in [0.05, 0.1) is 11.8 Å². The Morgan fingerprint density at radius 2 is 1.78 bits per heavy atom. The number of anilines is 1. The van der Waals surface area contributed by atoms with Crippen LogP contribution in [0, 0.1) is 0 Å². The van der Waals surface area contributed by atoms with Gasteiger partial charge in [0.25, 0.3) is 5.91 Å². The van der Waals surface area contributed by atoms with E-state index >= 15 is 0 Å². The SMILES string of the molecule is CCN(CC)c1ccc(C=NNC(=O)c2ccccc2Br)cc1. The molecule has 0 fully saturated rings. The first kappa shape index (κ1) is 17.2. The summed E-state index contributed by atoms with van der Waals surface area (Å²) in [4.78, 5) is 14.3. The number of rotatable bonds is 6. The van der Waals surface area contributed by atoms with E-state index in [1.54, 1.807) is 12.3 Å². The predicted molar refractivity (Wildman–Crippen MR) is 99.2 cm³/mol. The lowest BCUT2D eigenvalue weighted by Crippen LogP contribution is -2.21. The van der Waals surface area contributed by atoms with Gasteiger partial charge in [0.2, 0.25) is 0 Å². The van der Waals surface area contributed by atoms with Gasteiger partial charge < -0.3 is 4.90 Å². The summed E-state index contributed by atoms with van der Waals surface area (Å²) in [6, 6.07) is 15.3. The Bertz CT molecular complexity index is 679. The van der Waals surface area contributed by atoms with Crippen molar-refractivity contribution >= 4 is 33.7 Å². The second-order valence-electron chi connectivity index (χ2n) is 4.94. The van der Waals surface area contributed by atoms with Gasteiger partial charge in [0.15, 0.2) is 0 Å². The molecule has 0 heterocycles. The highest BCUT2D eigenvalue weighted by Gasteiger charge is 2.07. The van der Waals surface area contributed by atoms with Gasteiger partial charge in [-0.15, -0.1) is 0 Å². The number of halogens is 1. The number of carbonyl (C=O) groups excluding carboxylic acids is 1. The van der Waals surface area contributed by atoms with E-state index in [0.717, 1.165) is 23.1 Å². The van der Waals surface area contributed by atoms with Crippen LogP contribution in [0.4, 0.5) is 5.69 Å². The molecular formula is C18H20BrN3O. The van der Waals surface area contributed by atoms with E-state index in [9.17, 15) is 4.79 Å². The largest absolute Gasteiger partial charge is 0.372 e. The molecule has 1 amide bonds. The zero-order valence-electron chi connectivity index (χ0n) is 13.3. The molecule has 0 aliphatic heterocycles. The van der Waals surface area contributed by atoms with Crippen LogP contribution in [-0.2, 0) is 0 Å². The van der Waals surface area contributed by atoms with E-state index in [0.29, 0.717) is 5.56 Å². The number of hydrazone groups is 1. The molecule has 120 valence electrons. The van der Waals surface area contributed by atoms with Crippen LogP contribution in [0.15, 0.2) is 58.1 Å². The second kappa shape index (κ2) is 8.48. The molecule has 0 aromatic heterocycles. The molecule has 1 N–H and O–H groups in total. The molecule has 0 spiro atoms. The molecule has 0 saturated carbocycles. The molecule has 0 saturated heterocycles. The number of nitrogens with one attached hydrogen (secondary N) is 1. The van der Waals surface area contributed by atoms with E-state index in [1.807, 2.05) is 30.3 Å². The molecule has 0 aliphatic carbocycles. The highest BCUT2D eigenvalue weighted by Crippen LogP contribution is 2.16. The van der Waals surface area contributed by atoms with E-state index in [4.69, 9.17) is 0 Å². The maximum absolute atomic E-state index is 12.0. The summed E-state index contributed by atoms with van der Waals surface area (Å²) in [6.07, 6.45) is 1.64. The van der Waals surface area contributed by atoms with Crippen molar-refractivity contribution in [3.8, 4) is 0 Å². The highest BCUT2D eigenvalue weighted by molar-refractivity contribution is 9.10. The normalized spacial score (nSPS) is 10.7. The van der Waals surface area contributed by atoms with Gasteiger partial charge in [0, 0.05) is 23.2 Å². The Labute approximate surface area is 145 Å². The third-order valence-corrected chi connectivity index (χ3v) is 4.21. The average Bonchev–Trinajstić information content (AvgIpc) is 2.57. The molecular weight excluding hydrogens is 354 g/mol. The van der Waals surface area contributed by atoms with Crippen LogP contribution >= 0.6 is 15.9 Å². The van der Waals surface area contributed by atoms with E-state index in [-0.39, 0.29) is 5.91 Å². The van der Waals surface area contributed by atoms with Crippen molar-refractivity contribution in [3.63, 3.8) is 0 Å². The van der Waals surface area contributed by atoms with Crippen LogP contribution in [0.1, 0.15) is 29.8 Å². The summed E-state index contributed by atoms with van der Waals surface area (Å²) in [5.74, 6) is -0.242. The Hall–Kier alpha value is -2.14. The first-order valence-corrected chi connectivity index (χ1v) is 8.38. The summed E-state index contributed by atoms with van der Waals surface area (Å²) in [5.41, 5.74) is 5.22. The lowest BCUT2D eigenvalue weighted by Gasteiger charge is -2.20. The molecule has 2 rings (SSSR count). The molecule has 0 atom stereocenters. The number of carbonyl (C=O) groups is 1. The van der Waals surface area contributed by atoms with Gasteiger partial charge in [-0.1, -0.05) is 24.3 Å². The van der Waals surface area contributed by atoms with E-state index in [1.165, 1.54) is 5.69 Å². The Morgan fingerprint density at radius 3 is 2.39 bits per heavy atom. The summed E-state index contributed by atoms with van der Waals surface area (Å²) in [5, 5.41) is 4.01. The van der Waals surface area contributed by atoms with Crippen LogP contribution in [0.5, 0.6) is 0 Å².